The minimum atomic E-state index is -3.52. The summed E-state index contributed by atoms with van der Waals surface area (Å²) in [6.07, 6.45) is 0.165. The number of carbonyl (C=O) groups is 2. The summed E-state index contributed by atoms with van der Waals surface area (Å²) in [6, 6.07) is 3.47. The van der Waals surface area contributed by atoms with Gasteiger partial charge in [0.05, 0.1) is 30.1 Å². The second kappa shape index (κ2) is 6.57. The quantitative estimate of drug-likeness (QED) is 0.754. The van der Waals surface area contributed by atoms with Gasteiger partial charge in [-0.1, -0.05) is 0 Å². The van der Waals surface area contributed by atoms with Gasteiger partial charge in [-0.25, -0.2) is 9.78 Å². The van der Waals surface area contributed by atoms with Crippen LogP contribution in [0.1, 0.15) is 6.42 Å². The topological polar surface area (TPSA) is 115 Å². The van der Waals surface area contributed by atoms with E-state index >= 15 is 0 Å². The van der Waals surface area contributed by atoms with Crippen LogP contribution in [-0.2, 0) is 23.8 Å². The van der Waals surface area contributed by atoms with E-state index in [1.165, 1.54) is 16.7 Å². The zero-order chi connectivity index (χ0) is 17.3. The van der Waals surface area contributed by atoms with E-state index in [0.717, 1.165) is 11.2 Å². The Morgan fingerprint density at radius 3 is 3.00 bits per heavy atom. The van der Waals surface area contributed by atoms with Crippen molar-refractivity contribution in [1.82, 2.24) is 4.98 Å². The Morgan fingerprint density at radius 1 is 1.46 bits per heavy atom. The van der Waals surface area contributed by atoms with Crippen molar-refractivity contribution in [2.24, 2.45) is 0 Å². The first-order valence-corrected chi connectivity index (χ1v) is 9.88. The van der Waals surface area contributed by atoms with Crippen LogP contribution in [0.5, 0.6) is 0 Å². The molecule has 0 bridgehead atoms. The van der Waals surface area contributed by atoms with Crippen LogP contribution in [0.2, 0.25) is 0 Å². The fourth-order valence-electron chi connectivity index (χ4n) is 2.29. The van der Waals surface area contributed by atoms with E-state index in [4.69, 9.17) is 4.74 Å². The molecule has 0 unspecified atom stereocenters. The van der Waals surface area contributed by atoms with Crippen LogP contribution < -0.4 is 10.2 Å². The van der Waals surface area contributed by atoms with Crippen LogP contribution >= 0.6 is 11.8 Å². The number of cyclic esters (lactones) is 1. The highest BCUT2D eigenvalue weighted by Gasteiger charge is 2.33. The van der Waals surface area contributed by atoms with Crippen LogP contribution in [0.25, 0.3) is 0 Å². The number of hydrogen-bond acceptors (Lipinski definition) is 8. The smallest absolute Gasteiger partial charge is 0.415 e. The SMILES string of the molecule is CS(=O)(=O)OCC[C@H]1CN(c2ccc3c(n2)NC(=O)CS3)C(=O)O1. The van der Waals surface area contributed by atoms with E-state index in [-0.39, 0.29) is 25.5 Å². The third-order valence-corrected chi connectivity index (χ3v) is 4.99. The number of amides is 2. The molecule has 2 aliphatic rings. The van der Waals surface area contributed by atoms with Gasteiger partial charge in [-0.05, 0) is 12.1 Å². The molecule has 0 radical (unpaired) electrons. The highest BCUT2D eigenvalue weighted by molar-refractivity contribution is 8.00. The molecular formula is C13H15N3O6S2. The molecular weight excluding hydrogens is 358 g/mol. The predicted octanol–water partition coefficient (Wildman–Crippen LogP) is 0.817. The predicted molar refractivity (Wildman–Crippen MR) is 86.6 cm³/mol. The standard InChI is InChI=1S/C13H15N3O6S2/c1-24(19,20)21-5-4-8-6-16(13(18)22-8)10-3-2-9-12(14-10)15-11(17)7-23-9/h2-3,8H,4-7H2,1H3,(H,14,15,17)/t8-/m0/s1. The van der Waals surface area contributed by atoms with Gasteiger partial charge in [-0.2, -0.15) is 8.42 Å². The first-order valence-electron chi connectivity index (χ1n) is 7.08. The van der Waals surface area contributed by atoms with E-state index in [2.05, 4.69) is 14.5 Å². The Kier molecular flexibility index (Phi) is 4.65. The summed E-state index contributed by atoms with van der Waals surface area (Å²) in [5.41, 5.74) is 0. The van der Waals surface area contributed by atoms with E-state index in [0.29, 0.717) is 17.4 Å². The van der Waals surface area contributed by atoms with E-state index in [1.54, 1.807) is 12.1 Å². The Balaban J connectivity index is 1.66. The largest absolute Gasteiger partial charge is 0.444 e. The van der Waals surface area contributed by atoms with Crippen LogP contribution in [0.3, 0.4) is 0 Å². The lowest BCUT2D eigenvalue weighted by Gasteiger charge is -2.18. The minimum Gasteiger partial charge on any atom is -0.444 e. The molecule has 1 aromatic rings. The number of anilines is 2. The van der Waals surface area contributed by atoms with Crippen molar-refractivity contribution in [2.45, 2.75) is 17.4 Å². The first kappa shape index (κ1) is 17.0. The van der Waals surface area contributed by atoms with Gasteiger partial charge in [0.1, 0.15) is 17.7 Å². The van der Waals surface area contributed by atoms with Crippen molar-refractivity contribution in [3.05, 3.63) is 12.1 Å². The third-order valence-electron chi connectivity index (χ3n) is 3.35. The Hall–Kier alpha value is -1.85. The maximum Gasteiger partial charge on any atom is 0.415 e. The van der Waals surface area contributed by atoms with Gasteiger partial charge in [0, 0.05) is 6.42 Å². The molecule has 130 valence electrons. The molecule has 3 heterocycles. The number of fused-ring (bicyclic) bond motifs is 1. The molecule has 11 heteroatoms. The number of nitrogens with one attached hydrogen (secondary N) is 1. The lowest BCUT2D eigenvalue weighted by Crippen LogP contribution is -2.27. The van der Waals surface area contributed by atoms with Gasteiger partial charge in [0.15, 0.2) is 0 Å². The van der Waals surface area contributed by atoms with Gasteiger partial charge in [-0.3, -0.25) is 13.9 Å². The summed E-state index contributed by atoms with van der Waals surface area (Å²) < 4.78 is 31.7. The van der Waals surface area contributed by atoms with E-state index < -0.39 is 22.3 Å². The van der Waals surface area contributed by atoms with Crippen molar-refractivity contribution in [3.8, 4) is 0 Å². The number of pyridine rings is 1. The van der Waals surface area contributed by atoms with E-state index in [1.807, 2.05) is 0 Å². The molecule has 0 aromatic carbocycles. The molecule has 2 amide bonds. The van der Waals surface area contributed by atoms with Gasteiger partial charge in [0.25, 0.3) is 10.1 Å². The second-order valence-electron chi connectivity index (χ2n) is 5.28. The molecule has 24 heavy (non-hydrogen) atoms. The van der Waals surface area contributed by atoms with E-state index in [9.17, 15) is 18.0 Å². The van der Waals surface area contributed by atoms with Crippen molar-refractivity contribution >= 4 is 45.5 Å². The van der Waals surface area contributed by atoms with Gasteiger partial charge in [-0.15, -0.1) is 11.8 Å². The van der Waals surface area contributed by atoms with Gasteiger partial charge >= 0.3 is 6.09 Å². The van der Waals surface area contributed by atoms with Crippen molar-refractivity contribution < 1.29 is 26.9 Å². The number of thioether (sulfide) groups is 1. The molecule has 0 spiro atoms. The monoisotopic (exact) mass is 373 g/mol. The number of hydrogen-bond donors (Lipinski definition) is 1. The maximum atomic E-state index is 12.0. The number of rotatable bonds is 5. The zero-order valence-corrected chi connectivity index (χ0v) is 14.4. The van der Waals surface area contributed by atoms with Crippen LogP contribution in [0, 0.1) is 0 Å². The second-order valence-corrected chi connectivity index (χ2v) is 7.95. The summed E-state index contributed by atoms with van der Waals surface area (Å²) in [5.74, 6) is 0.984. The molecule has 3 rings (SSSR count). The maximum absolute atomic E-state index is 12.0. The number of nitrogens with zero attached hydrogens (tertiary/aromatic N) is 2. The summed E-state index contributed by atoms with van der Waals surface area (Å²) in [7, 11) is -3.52. The Labute approximate surface area is 142 Å². The summed E-state index contributed by atoms with van der Waals surface area (Å²) in [6.45, 7) is 0.174. The highest BCUT2D eigenvalue weighted by Crippen LogP contribution is 2.32. The zero-order valence-electron chi connectivity index (χ0n) is 12.7. The van der Waals surface area contributed by atoms with Crippen LogP contribution in [0.4, 0.5) is 16.4 Å². The molecule has 1 fully saturated rings. The normalized spacial score (nSPS) is 20.5. The first-order chi connectivity index (χ1) is 11.3. The number of aromatic nitrogens is 1. The molecule has 1 aromatic heterocycles. The van der Waals surface area contributed by atoms with Crippen molar-refractivity contribution in [2.75, 3.05) is 35.4 Å². The van der Waals surface area contributed by atoms with Gasteiger partial charge < -0.3 is 10.1 Å². The Morgan fingerprint density at radius 2 is 2.25 bits per heavy atom. The molecule has 1 atom stereocenters. The van der Waals surface area contributed by atoms with Crippen molar-refractivity contribution in [3.63, 3.8) is 0 Å². The third kappa shape index (κ3) is 3.97. The molecule has 1 saturated heterocycles. The average molecular weight is 373 g/mol. The van der Waals surface area contributed by atoms with Gasteiger partial charge in [0.2, 0.25) is 5.91 Å². The van der Waals surface area contributed by atoms with Crippen molar-refractivity contribution in [1.29, 1.82) is 0 Å². The molecule has 9 nitrogen and oxygen atoms in total. The fraction of sp³-hybridized carbons (Fsp3) is 0.462. The van der Waals surface area contributed by atoms with Crippen LogP contribution in [0.15, 0.2) is 17.0 Å². The number of carbonyl (C=O) groups excluding carboxylic acids is 2. The lowest BCUT2D eigenvalue weighted by atomic mass is 10.2. The summed E-state index contributed by atoms with van der Waals surface area (Å²) >= 11 is 1.38. The molecule has 2 aliphatic heterocycles. The molecule has 1 N–H and O–H groups in total. The lowest BCUT2D eigenvalue weighted by molar-refractivity contribution is -0.113. The molecule has 0 aliphatic carbocycles. The number of ether oxygens (including phenoxy) is 1. The van der Waals surface area contributed by atoms with Crippen LogP contribution in [-0.4, -0.2) is 56.7 Å². The Bertz CT molecular complexity index is 782. The molecule has 0 saturated carbocycles. The summed E-state index contributed by atoms with van der Waals surface area (Å²) in [4.78, 5) is 29.9. The minimum absolute atomic E-state index is 0.0606. The fourth-order valence-corrected chi connectivity index (χ4v) is 3.45. The summed E-state index contributed by atoms with van der Waals surface area (Å²) in [5, 5.41) is 2.66. The highest BCUT2D eigenvalue weighted by atomic mass is 32.2. The average Bonchev–Trinajstić information content (AvgIpc) is 2.86.